The van der Waals surface area contributed by atoms with Gasteiger partial charge in [-0.3, -0.25) is 4.79 Å². The number of rotatable bonds is 5. The van der Waals surface area contributed by atoms with Crippen LogP contribution in [0.4, 0.5) is 11.4 Å². The van der Waals surface area contributed by atoms with Crippen LogP contribution in [0.25, 0.3) is 0 Å². The number of hydrogen-bond donors (Lipinski definition) is 2. The van der Waals surface area contributed by atoms with Crippen molar-refractivity contribution in [3.05, 3.63) is 24.3 Å². The van der Waals surface area contributed by atoms with Gasteiger partial charge in [0.15, 0.2) is 0 Å². The summed E-state index contributed by atoms with van der Waals surface area (Å²) in [6.45, 7) is 7.23. The van der Waals surface area contributed by atoms with Crippen LogP contribution in [-0.2, 0) is 4.79 Å². The van der Waals surface area contributed by atoms with Crippen molar-refractivity contribution in [1.29, 1.82) is 0 Å². The van der Waals surface area contributed by atoms with Crippen LogP contribution < -0.4 is 10.6 Å². The number of benzene rings is 1. The summed E-state index contributed by atoms with van der Waals surface area (Å²) in [5.41, 5.74) is 1.98. The zero-order valence-electron chi connectivity index (χ0n) is 13.4. The lowest BCUT2D eigenvalue weighted by Crippen LogP contribution is -2.32. The van der Waals surface area contributed by atoms with Crippen LogP contribution in [0.1, 0.15) is 26.7 Å². The second-order valence-electron chi connectivity index (χ2n) is 6.35. The molecule has 0 aliphatic carbocycles. The van der Waals surface area contributed by atoms with Gasteiger partial charge in [0, 0.05) is 23.8 Å². The van der Waals surface area contributed by atoms with E-state index in [0.717, 1.165) is 23.8 Å². The average molecular weight is 289 g/mol. The Kier molecular flexibility index (Phi) is 5.62. The molecule has 0 atom stereocenters. The minimum atomic E-state index is 0.00670. The van der Waals surface area contributed by atoms with Crippen LogP contribution in [0.3, 0.4) is 0 Å². The molecule has 1 aromatic rings. The molecule has 4 heteroatoms. The van der Waals surface area contributed by atoms with E-state index in [1.54, 1.807) is 0 Å². The molecule has 0 saturated carbocycles. The molecule has 1 fully saturated rings. The summed E-state index contributed by atoms with van der Waals surface area (Å²) >= 11 is 0. The molecule has 1 saturated heterocycles. The quantitative estimate of drug-likeness (QED) is 0.875. The van der Waals surface area contributed by atoms with Crippen LogP contribution in [0, 0.1) is 11.8 Å². The van der Waals surface area contributed by atoms with Crippen molar-refractivity contribution in [2.75, 3.05) is 37.3 Å². The number of nitrogens with zero attached hydrogens (tertiary/aromatic N) is 1. The Morgan fingerprint density at radius 2 is 1.76 bits per heavy atom. The lowest BCUT2D eigenvalue weighted by atomic mass is 9.97. The summed E-state index contributed by atoms with van der Waals surface area (Å²) < 4.78 is 0. The summed E-state index contributed by atoms with van der Waals surface area (Å²) in [5.74, 6) is 0.829. The van der Waals surface area contributed by atoms with Crippen molar-refractivity contribution < 1.29 is 4.79 Å². The zero-order valence-corrected chi connectivity index (χ0v) is 13.4. The Hall–Kier alpha value is -1.55. The van der Waals surface area contributed by atoms with Crippen LogP contribution in [0.5, 0.6) is 0 Å². The third-order valence-corrected chi connectivity index (χ3v) is 4.11. The van der Waals surface area contributed by atoms with Crippen molar-refractivity contribution in [1.82, 2.24) is 4.90 Å². The van der Waals surface area contributed by atoms with Gasteiger partial charge >= 0.3 is 0 Å². The topological polar surface area (TPSA) is 44.4 Å². The molecule has 0 unspecified atom stereocenters. The summed E-state index contributed by atoms with van der Waals surface area (Å²) in [6, 6.07) is 7.98. The maximum atomic E-state index is 11.6. The van der Waals surface area contributed by atoms with E-state index in [9.17, 15) is 4.79 Å². The molecule has 2 rings (SSSR count). The number of likely N-dealkylation sites (tertiary alicyclic amines) is 1. The smallest absolute Gasteiger partial charge is 0.226 e. The van der Waals surface area contributed by atoms with Gasteiger partial charge in [0.2, 0.25) is 5.91 Å². The summed E-state index contributed by atoms with van der Waals surface area (Å²) in [5, 5.41) is 6.41. The molecule has 116 valence electrons. The van der Waals surface area contributed by atoms with E-state index < -0.39 is 0 Å². The van der Waals surface area contributed by atoms with Crippen LogP contribution in [0.15, 0.2) is 24.3 Å². The van der Waals surface area contributed by atoms with Crippen molar-refractivity contribution >= 4 is 17.3 Å². The molecular weight excluding hydrogens is 262 g/mol. The van der Waals surface area contributed by atoms with E-state index in [0.29, 0.717) is 0 Å². The number of nitrogens with one attached hydrogen (secondary N) is 2. The first-order valence-corrected chi connectivity index (χ1v) is 7.88. The van der Waals surface area contributed by atoms with Crippen LogP contribution >= 0.6 is 0 Å². The van der Waals surface area contributed by atoms with Crippen LogP contribution in [0.2, 0.25) is 0 Å². The third-order valence-electron chi connectivity index (χ3n) is 4.11. The van der Waals surface area contributed by atoms with E-state index in [1.807, 2.05) is 38.1 Å². The van der Waals surface area contributed by atoms with E-state index in [4.69, 9.17) is 0 Å². The fourth-order valence-electron chi connectivity index (χ4n) is 2.49. The Bertz CT molecular complexity index is 448. The van der Waals surface area contributed by atoms with Gasteiger partial charge in [0.25, 0.3) is 0 Å². The van der Waals surface area contributed by atoms with E-state index in [1.165, 1.54) is 25.9 Å². The number of carbonyl (C=O) groups is 1. The van der Waals surface area contributed by atoms with Gasteiger partial charge in [0.1, 0.15) is 0 Å². The molecule has 1 aromatic carbocycles. The van der Waals surface area contributed by atoms with Gasteiger partial charge in [0.05, 0.1) is 0 Å². The standard InChI is InChI=1S/C17H27N3O/c1-13(2)17(21)19-16-6-4-15(5-7-16)18-12-14-8-10-20(3)11-9-14/h4-7,13-14,18H,8-12H2,1-3H3,(H,19,21). The molecule has 21 heavy (non-hydrogen) atoms. The van der Waals surface area contributed by atoms with Gasteiger partial charge in [-0.1, -0.05) is 13.8 Å². The van der Waals surface area contributed by atoms with E-state index in [-0.39, 0.29) is 11.8 Å². The predicted molar refractivity (Wildman–Crippen MR) is 88.6 cm³/mol. The molecule has 0 spiro atoms. The summed E-state index contributed by atoms with van der Waals surface area (Å²) in [4.78, 5) is 14.0. The van der Waals surface area contributed by atoms with Crippen molar-refractivity contribution in [3.63, 3.8) is 0 Å². The Labute approximate surface area is 127 Å². The molecule has 2 N–H and O–H groups in total. The normalized spacial score (nSPS) is 17.0. The van der Waals surface area contributed by atoms with Gasteiger partial charge in [-0.05, 0) is 63.2 Å². The lowest BCUT2D eigenvalue weighted by molar-refractivity contribution is -0.118. The number of amides is 1. The van der Waals surface area contributed by atoms with Gasteiger partial charge in [-0.25, -0.2) is 0 Å². The molecule has 1 amide bonds. The largest absolute Gasteiger partial charge is 0.385 e. The number of carbonyl (C=O) groups excluding carboxylic acids is 1. The maximum Gasteiger partial charge on any atom is 0.226 e. The SMILES string of the molecule is CC(C)C(=O)Nc1ccc(NCC2CCN(C)CC2)cc1. The molecule has 1 aliphatic heterocycles. The van der Waals surface area contributed by atoms with Crippen LogP contribution in [-0.4, -0.2) is 37.5 Å². The highest BCUT2D eigenvalue weighted by Crippen LogP contribution is 2.18. The predicted octanol–water partition coefficient (Wildman–Crippen LogP) is 3.03. The fraction of sp³-hybridized carbons (Fsp3) is 0.588. The third kappa shape index (κ3) is 5.05. The second-order valence-corrected chi connectivity index (χ2v) is 6.35. The molecule has 4 nitrogen and oxygen atoms in total. The zero-order chi connectivity index (χ0) is 15.2. The molecule has 1 aliphatic rings. The van der Waals surface area contributed by atoms with Gasteiger partial charge in [-0.15, -0.1) is 0 Å². The molecule has 1 heterocycles. The van der Waals surface area contributed by atoms with Crippen molar-refractivity contribution in [2.45, 2.75) is 26.7 Å². The maximum absolute atomic E-state index is 11.6. The summed E-state index contributed by atoms with van der Waals surface area (Å²) in [7, 11) is 2.19. The number of piperidine rings is 1. The molecule has 0 radical (unpaired) electrons. The highest BCUT2D eigenvalue weighted by Gasteiger charge is 2.16. The van der Waals surface area contributed by atoms with E-state index >= 15 is 0 Å². The average Bonchev–Trinajstić information content (AvgIpc) is 2.48. The van der Waals surface area contributed by atoms with Crippen molar-refractivity contribution in [2.24, 2.45) is 11.8 Å². The first-order valence-electron chi connectivity index (χ1n) is 7.88. The molecular formula is C17H27N3O. The van der Waals surface area contributed by atoms with E-state index in [2.05, 4.69) is 22.6 Å². The lowest BCUT2D eigenvalue weighted by Gasteiger charge is -2.29. The minimum Gasteiger partial charge on any atom is -0.385 e. The monoisotopic (exact) mass is 289 g/mol. The number of hydrogen-bond acceptors (Lipinski definition) is 3. The first kappa shape index (κ1) is 15.8. The highest BCUT2D eigenvalue weighted by molar-refractivity contribution is 5.92. The summed E-state index contributed by atoms with van der Waals surface area (Å²) in [6.07, 6.45) is 2.54. The molecule has 0 aromatic heterocycles. The van der Waals surface area contributed by atoms with Gasteiger partial charge < -0.3 is 15.5 Å². The number of anilines is 2. The Morgan fingerprint density at radius 1 is 1.19 bits per heavy atom. The second kappa shape index (κ2) is 7.46. The Morgan fingerprint density at radius 3 is 2.33 bits per heavy atom. The minimum absolute atomic E-state index is 0.00670. The molecule has 0 bridgehead atoms. The highest BCUT2D eigenvalue weighted by atomic mass is 16.1. The van der Waals surface area contributed by atoms with Gasteiger partial charge in [-0.2, -0.15) is 0 Å². The fourth-order valence-corrected chi connectivity index (χ4v) is 2.49. The van der Waals surface area contributed by atoms with Crippen molar-refractivity contribution in [3.8, 4) is 0 Å². The Balaban J connectivity index is 1.78. The first-order chi connectivity index (χ1) is 10.0.